The number of likely N-dealkylation sites (tertiary alicyclic amines) is 1. The molecule has 6 aliphatic heterocycles. The molecule has 12 bridgehead atoms. The molecule has 8 heterocycles. The minimum atomic E-state index is -1.04. The van der Waals surface area contributed by atoms with E-state index in [0.29, 0.717) is 122 Å². The quantitative estimate of drug-likeness (QED) is 0.0366. The van der Waals surface area contributed by atoms with Crippen molar-refractivity contribution in [1.29, 1.82) is 0 Å². The van der Waals surface area contributed by atoms with Gasteiger partial charge in [-0.2, -0.15) is 29.9 Å². The number of piperidine rings is 2. The van der Waals surface area contributed by atoms with Crippen molar-refractivity contribution in [1.82, 2.24) is 50.8 Å². The zero-order valence-electron chi connectivity index (χ0n) is 59.3. The number of nitrogens with zero attached hydrogens (tertiary/aromatic N) is 7. The molecule has 32 nitrogen and oxygen atoms in total. The SMILES string of the molecule is CCOc1nc2nc(n1)Nc1ccc(C(=O)NC(C(=O)OC)C3CCCN(C(=O)OC(C)(C)C)C3)c(c1)OCCOCCOCCOc1ccc(cc1)CN2.CCOc1nc2nc(n1)Nc1ccc(C(=O)NC(C(=O)OC)C3CCCNC3)c(c1)OCCOCCOCCOc1ccc(cc1)CN2. The normalized spacial score (nSPS) is 17.8. The molecule has 0 aliphatic carbocycles. The summed E-state index contributed by atoms with van der Waals surface area (Å²) in [5.74, 6) is 0.250. The van der Waals surface area contributed by atoms with Crippen molar-refractivity contribution in [3.63, 3.8) is 0 Å². The highest BCUT2D eigenvalue weighted by Crippen LogP contribution is 2.31. The van der Waals surface area contributed by atoms with Crippen molar-refractivity contribution >= 4 is 65.0 Å². The Morgan fingerprint density at radius 2 is 0.961 bits per heavy atom. The van der Waals surface area contributed by atoms with E-state index in [9.17, 15) is 24.0 Å². The molecule has 2 aromatic heterocycles. The van der Waals surface area contributed by atoms with E-state index < -0.39 is 53.4 Å². The number of hydrogen-bond acceptors (Lipinski definition) is 29. The number of aromatic nitrogens is 6. The lowest BCUT2D eigenvalue weighted by molar-refractivity contribution is -0.145. The zero-order chi connectivity index (χ0) is 72.8. The molecular weight excluding hydrogens is 1340 g/mol. The second-order valence-corrected chi connectivity index (χ2v) is 24.8. The Labute approximate surface area is 598 Å². The zero-order valence-corrected chi connectivity index (χ0v) is 59.3. The van der Waals surface area contributed by atoms with Gasteiger partial charge in [-0.3, -0.25) is 9.59 Å². The van der Waals surface area contributed by atoms with E-state index in [4.69, 9.17) is 61.6 Å². The topological polar surface area (TPSA) is 370 Å². The smallest absolute Gasteiger partial charge is 0.410 e. The maximum atomic E-state index is 14.0. The largest absolute Gasteiger partial charge is 0.491 e. The summed E-state index contributed by atoms with van der Waals surface area (Å²) in [4.78, 5) is 94.5. The van der Waals surface area contributed by atoms with Gasteiger partial charge in [-0.05, 0) is 127 Å². The van der Waals surface area contributed by atoms with Gasteiger partial charge in [0, 0.05) is 68.1 Å². The Hall–Kier alpha value is -10.2. The van der Waals surface area contributed by atoms with Gasteiger partial charge in [0.15, 0.2) is 0 Å². The number of methoxy groups -OCH3 is 2. The minimum absolute atomic E-state index is 0.102. The molecule has 2 saturated heterocycles. The third-order valence-electron chi connectivity index (χ3n) is 16.1. The summed E-state index contributed by atoms with van der Waals surface area (Å²) in [5, 5.41) is 21.8. The fraction of sp³-hybridized carbons (Fsp3) is 0.507. The van der Waals surface area contributed by atoms with Crippen LogP contribution in [0.3, 0.4) is 0 Å². The van der Waals surface area contributed by atoms with E-state index in [1.54, 1.807) is 62.1 Å². The lowest BCUT2D eigenvalue weighted by atomic mass is 9.90. The first-order valence-electron chi connectivity index (χ1n) is 34.6. The van der Waals surface area contributed by atoms with Crippen molar-refractivity contribution in [2.45, 2.75) is 91.1 Å². The van der Waals surface area contributed by atoms with Crippen LogP contribution < -0.4 is 65.6 Å². The van der Waals surface area contributed by atoms with Gasteiger partial charge in [0.1, 0.15) is 67.1 Å². The average molecular weight is 1430 g/mol. The monoisotopic (exact) mass is 1430 g/mol. The minimum Gasteiger partial charge on any atom is -0.491 e. The first-order valence-corrected chi connectivity index (χ1v) is 34.6. The van der Waals surface area contributed by atoms with E-state index in [1.807, 2.05) is 62.4 Å². The van der Waals surface area contributed by atoms with Gasteiger partial charge in [-0.15, -0.1) is 0 Å². The van der Waals surface area contributed by atoms with Gasteiger partial charge < -0.3 is 104 Å². The van der Waals surface area contributed by atoms with Crippen molar-refractivity contribution < 1.29 is 85.6 Å². The molecule has 32 heteroatoms. The first-order chi connectivity index (χ1) is 50.0. The third-order valence-corrected chi connectivity index (χ3v) is 16.1. The number of rotatable bonds is 12. The predicted octanol–water partition coefficient (Wildman–Crippen LogP) is 7.05. The molecule has 4 aromatic carbocycles. The number of esters is 2. The van der Waals surface area contributed by atoms with Crippen LogP contribution in [0.4, 0.5) is 40.0 Å². The van der Waals surface area contributed by atoms with E-state index in [-0.39, 0.29) is 91.4 Å². The van der Waals surface area contributed by atoms with Crippen molar-refractivity contribution in [2.24, 2.45) is 11.8 Å². The number of benzene rings is 4. The molecule has 12 rings (SSSR count). The highest BCUT2D eigenvalue weighted by molar-refractivity contribution is 6.00. The second kappa shape index (κ2) is 39.9. The molecular formula is C71H94N14O18. The Bertz CT molecular complexity index is 3700. The molecule has 2 fully saturated rings. The lowest BCUT2D eigenvalue weighted by Crippen LogP contribution is -2.53. The van der Waals surface area contributed by atoms with E-state index in [1.165, 1.54) is 14.2 Å². The summed E-state index contributed by atoms with van der Waals surface area (Å²) in [5.41, 5.74) is 2.73. The Balaban J connectivity index is 0.000000241. The Morgan fingerprint density at radius 1 is 0.534 bits per heavy atom. The molecule has 0 spiro atoms. The maximum absolute atomic E-state index is 14.0. The summed E-state index contributed by atoms with van der Waals surface area (Å²) >= 11 is 0. The summed E-state index contributed by atoms with van der Waals surface area (Å²) in [6.07, 6.45) is 2.40. The van der Waals surface area contributed by atoms with Crippen LogP contribution in [0.1, 0.15) is 92.1 Å². The lowest BCUT2D eigenvalue weighted by Gasteiger charge is -2.36. The number of nitrogens with one attached hydrogen (secondary N) is 7. The van der Waals surface area contributed by atoms with E-state index in [2.05, 4.69) is 67.1 Å². The second-order valence-electron chi connectivity index (χ2n) is 24.8. The number of fused-ring (bicyclic) bond motifs is 24. The van der Waals surface area contributed by atoms with Gasteiger partial charge in [0.25, 0.3) is 11.8 Å². The van der Waals surface area contributed by atoms with Gasteiger partial charge in [-0.1, -0.05) is 24.3 Å². The Kier molecular flexibility index (Phi) is 29.8. The van der Waals surface area contributed by atoms with Crippen molar-refractivity contribution in [3.05, 3.63) is 107 Å². The van der Waals surface area contributed by atoms with Crippen LogP contribution in [0.2, 0.25) is 0 Å². The number of carbonyl (C=O) groups is 5. The van der Waals surface area contributed by atoms with E-state index in [0.717, 1.165) is 42.0 Å². The first kappa shape index (κ1) is 77.0. The van der Waals surface area contributed by atoms with Crippen LogP contribution in [0.25, 0.3) is 0 Å². The standard InChI is InChI=1S/C38H51N7O10.C33H43N7O8/c1-6-52-36-43-34-39-23-25-9-12-28(13-10-25)53-20-18-50-16-17-51-19-21-54-30-22-27(40-35(42-34)44-36)11-14-29(30)32(46)41-31(33(47)49-5)26-8-7-15-45(24-26)37(48)55-38(2,3)4;1-3-46-33-39-31-35-20-22-6-9-25(10-7-22)47-17-15-44-13-14-45-16-18-48-27-19-24(36-32(38-31)40-33)8-11-26(27)29(41)37-28(30(42)43-2)23-5-4-12-34-21-23/h9-14,22,26,31H,6-8,15-21,23-24H2,1-5H3,(H,41,46)(H2,39,40,42,43,44);6-11,19,23,28,34H,3-5,12-18,20-21H2,1-2H3,(H,37,41)(H2,35,36,38,39,40). The maximum Gasteiger partial charge on any atom is 0.410 e. The molecule has 7 N–H and O–H groups in total. The molecule has 103 heavy (non-hydrogen) atoms. The fourth-order valence-corrected chi connectivity index (χ4v) is 11.1. The number of hydrogen-bond donors (Lipinski definition) is 7. The van der Waals surface area contributed by atoms with Gasteiger partial charge in [-0.25, -0.2) is 14.4 Å². The van der Waals surface area contributed by atoms with Crippen LogP contribution in [-0.4, -0.2) is 215 Å². The van der Waals surface area contributed by atoms with Crippen LogP contribution in [0.5, 0.6) is 35.0 Å². The van der Waals surface area contributed by atoms with Crippen molar-refractivity contribution in [2.75, 3.05) is 154 Å². The number of amides is 3. The average Bonchev–Trinajstić information content (AvgIpc) is 0.826. The van der Waals surface area contributed by atoms with Crippen LogP contribution in [0, 0.1) is 11.8 Å². The van der Waals surface area contributed by atoms with Crippen LogP contribution in [0.15, 0.2) is 84.9 Å². The summed E-state index contributed by atoms with van der Waals surface area (Å²) in [7, 11) is 2.58. The molecule has 6 aliphatic rings. The summed E-state index contributed by atoms with van der Waals surface area (Å²) in [6, 6.07) is 23.6. The molecule has 4 unspecified atom stereocenters. The predicted molar refractivity (Wildman–Crippen MR) is 377 cm³/mol. The third kappa shape index (κ3) is 24.8. The van der Waals surface area contributed by atoms with Gasteiger partial charge >= 0.3 is 30.1 Å². The highest BCUT2D eigenvalue weighted by atomic mass is 16.6. The molecule has 0 saturated carbocycles. The van der Waals surface area contributed by atoms with Gasteiger partial charge in [0.05, 0.1) is 91.4 Å². The summed E-state index contributed by atoms with van der Waals surface area (Å²) < 4.78 is 73.3. The fourth-order valence-electron chi connectivity index (χ4n) is 11.1. The van der Waals surface area contributed by atoms with Crippen molar-refractivity contribution in [3.8, 4) is 35.0 Å². The summed E-state index contributed by atoms with van der Waals surface area (Å²) in [6.45, 7) is 16.5. The highest BCUT2D eigenvalue weighted by Gasteiger charge is 2.38. The molecule has 3 amide bonds. The number of ether oxygens (including phenoxy) is 13. The molecule has 0 radical (unpaired) electrons. The van der Waals surface area contributed by atoms with Crippen LogP contribution in [-0.2, 0) is 55.8 Å². The Morgan fingerprint density at radius 3 is 1.39 bits per heavy atom. The molecule has 6 aromatic rings. The van der Waals surface area contributed by atoms with E-state index >= 15 is 0 Å². The molecule has 556 valence electrons. The van der Waals surface area contributed by atoms with Gasteiger partial charge in [0.2, 0.25) is 23.8 Å². The van der Waals surface area contributed by atoms with Crippen LogP contribution >= 0.6 is 0 Å². The number of carbonyl (C=O) groups excluding carboxylic acids is 5. The number of anilines is 6. The molecule has 4 atom stereocenters.